The van der Waals surface area contributed by atoms with Gasteiger partial charge in [-0.05, 0) is 23.6 Å². The maximum absolute atomic E-state index is 12.1. The quantitative estimate of drug-likeness (QED) is 0.940. The van der Waals surface area contributed by atoms with Gasteiger partial charge in [0.15, 0.2) is 0 Å². The molecule has 1 aliphatic heterocycles. The number of hydrogen-bond acceptors (Lipinski definition) is 4. The zero-order valence-corrected chi connectivity index (χ0v) is 11.6. The number of carbonyl (C=O) groups is 2. The summed E-state index contributed by atoms with van der Waals surface area (Å²) in [6, 6.07) is 5.46. The molecule has 2 aromatic heterocycles. The van der Waals surface area contributed by atoms with Crippen molar-refractivity contribution >= 4 is 28.8 Å². The van der Waals surface area contributed by atoms with E-state index in [4.69, 9.17) is 4.42 Å². The van der Waals surface area contributed by atoms with E-state index in [-0.39, 0.29) is 24.2 Å². The van der Waals surface area contributed by atoms with Gasteiger partial charge >= 0.3 is 0 Å². The highest BCUT2D eigenvalue weighted by Crippen LogP contribution is 2.22. The second-order valence-corrected chi connectivity index (χ2v) is 5.54. The molecule has 5 nitrogen and oxygen atoms in total. The molecule has 1 N–H and O–H groups in total. The Kier molecular flexibility index (Phi) is 3.56. The molecule has 1 saturated heterocycles. The first-order valence-corrected chi connectivity index (χ1v) is 7.30. The first-order valence-electron chi connectivity index (χ1n) is 6.35. The average molecular weight is 290 g/mol. The number of nitrogens with zero attached hydrogens (tertiary/aromatic N) is 1. The minimum Gasteiger partial charge on any atom is -0.467 e. The van der Waals surface area contributed by atoms with Crippen molar-refractivity contribution in [2.24, 2.45) is 5.92 Å². The van der Waals surface area contributed by atoms with Crippen molar-refractivity contribution in [3.63, 3.8) is 0 Å². The first kappa shape index (κ1) is 12.9. The lowest BCUT2D eigenvalue weighted by Crippen LogP contribution is -2.27. The second-order valence-electron chi connectivity index (χ2n) is 4.76. The summed E-state index contributed by atoms with van der Waals surface area (Å²) < 4.78 is 5.23. The lowest BCUT2D eigenvalue weighted by Gasteiger charge is -2.14. The summed E-state index contributed by atoms with van der Waals surface area (Å²) >= 11 is 1.52. The van der Waals surface area contributed by atoms with Gasteiger partial charge in [0.25, 0.3) is 0 Å². The molecule has 0 aromatic carbocycles. The molecule has 0 radical (unpaired) electrons. The van der Waals surface area contributed by atoms with Crippen LogP contribution >= 0.6 is 11.3 Å². The number of nitrogens with one attached hydrogen (secondary N) is 1. The van der Waals surface area contributed by atoms with Crippen LogP contribution in [-0.4, -0.2) is 23.3 Å². The lowest BCUT2D eigenvalue weighted by molar-refractivity contribution is -0.128. The van der Waals surface area contributed by atoms with Gasteiger partial charge < -0.3 is 14.6 Å². The van der Waals surface area contributed by atoms with E-state index in [0.717, 1.165) is 11.4 Å². The number of thiophene rings is 1. The number of anilines is 1. The largest absolute Gasteiger partial charge is 0.467 e. The van der Waals surface area contributed by atoms with Gasteiger partial charge in [0.05, 0.1) is 24.4 Å². The molecule has 3 rings (SSSR count). The molecule has 20 heavy (non-hydrogen) atoms. The Morgan fingerprint density at radius 2 is 2.40 bits per heavy atom. The van der Waals surface area contributed by atoms with Crippen LogP contribution in [0, 0.1) is 5.92 Å². The van der Waals surface area contributed by atoms with Crippen LogP contribution in [0.25, 0.3) is 0 Å². The van der Waals surface area contributed by atoms with E-state index in [1.165, 1.54) is 11.3 Å². The minimum atomic E-state index is -0.294. The van der Waals surface area contributed by atoms with Gasteiger partial charge in [-0.25, -0.2) is 0 Å². The number of carbonyl (C=O) groups excluding carboxylic acids is 2. The van der Waals surface area contributed by atoms with Crippen LogP contribution in [0.15, 0.2) is 39.6 Å². The van der Waals surface area contributed by atoms with Crippen molar-refractivity contribution in [3.8, 4) is 0 Å². The maximum atomic E-state index is 12.1. The zero-order chi connectivity index (χ0) is 13.9. The van der Waals surface area contributed by atoms with E-state index in [1.54, 1.807) is 17.2 Å². The van der Waals surface area contributed by atoms with Gasteiger partial charge in [0, 0.05) is 18.3 Å². The molecular formula is C14H14N2O3S. The fourth-order valence-electron chi connectivity index (χ4n) is 2.27. The molecule has 1 atom stereocenters. The summed E-state index contributed by atoms with van der Waals surface area (Å²) in [7, 11) is 0. The van der Waals surface area contributed by atoms with Gasteiger partial charge in [-0.1, -0.05) is 0 Å². The van der Waals surface area contributed by atoms with Gasteiger partial charge in [0.2, 0.25) is 11.8 Å². The van der Waals surface area contributed by atoms with Crippen molar-refractivity contribution < 1.29 is 14.0 Å². The normalized spacial score (nSPS) is 18.5. The van der Waals surface area contributed by atoms with E-state index in [0.29, 0.717) is 13.1 Å². The van der Waals surface area contributed by atoms with E-state index >= 15 is 0 Å². The molecule has 2 amide bonds. The molecule has 1 fully saturated rings. The van der Waals surface area contributed by atoms with Crippen molar-refractivity contribution in [2.45, 2.75) is 13.0 Å². The molecule has 0 bridgehead atoms. The summed E-state index contributed by atoms with van der Waals surface area (Å²) in [4.78, 5) is 25.7. The molecular weight excluding hydrogens is 276 g/mol. The van der Waals surface area contributed by atoms with Crippen molar-refractivity contribution in [1.82, 2.24) is 4.90 Å². The van der Waals surface area contributed by atoms with Crippen molar-refractivity contribution in [2.75, 3.05) is 11.9 Å². The first-order chi connectivity index (χ1) is 9.72. The Labute approximate surface area is 120 Å². The van der Waals surface area contributed by atoms with Gasteiger partial charge in [-0.3, -0.25) is 9.59 Å². The molecule has 3 heterocycles. The minimum absolute atomic E-state index is 0.00753. The molecule has 0 spiro atoms. The zero-order valence-electron chi connectivity index (χ0n) is 10.7. The standard InChI is InChI=1S/C14H14N2O3S/c17-13-6-10(14(18)15-11-3-5-20-9-11)7-16(13)8-12-2-1-4-19-12/h1-5,9-10H,6-8H2,(H,15,18)/t10-/m0/s1. The molecule has 1 aliphatic rings. The second kappa shape index (κ2) is 5.50. The van der Waals surface area contributed by atoms with Crippen molar-refractivity contribution in [3.05, 3.63) is 41.0 Å². The summed E-state index contributed by atoms with van der Waals surface area (Å²) in [5.41, 5.74) is 0.789. The molecule has 6 heteroatoms. The van der Waals surface area contributed by atoms with Crippen LogP contribution in [0.4, 0.5) is 5.69 Å². The number of hydrogen-bond donors (Lipinski definition) is 1. The van der Waals surface area contributed by atoms with E-state index < -0.39 is 0 Å². The predicted molar refractivity (Wildman–Crippen MR) is 75.2 cm³/mol. The maximum Gasteiger partial charge on any atom is 0.229 e. The highest BCUT2D eigenvalue weighted by molar-refractivity contribution is 7.08. The summed E-state index contributed by atoms with van der Waals surface area (Å²) in [5, 5.41) is 6.60. The third-order valence-electron chi connectivity index (χ3n) is 3.30. The van der Waals surface area contributed by atoms with Crippen LogP contribution < -0.4 is 5.32 Å². The topological polar surface area (TPSA) is 62.6 Å². The lowest BCUT2D eigenvalue weighted by atomic mass is 10.1. The Hall–Kier alpha value is -2.08. The fourth-order valence-corrected chi connectivity index (χ4v) is 2.86. The Morgan fingerprint density at radius 3 is 3.10 bits per heavy atom. The van der Waals surface area contributed by atoms with Gasteiger partial charge in [-0.2, -0.15) is 11.3 Å². The molecule has 0 unspecified atom stereocenters. The van der Waals surface area contributed by atoms with Crippen LogP contribution in [0.3, 0.4) is 0 Å². The van der Waals surface area contributed by atoms with E-state index in [9.17, 15) is 9.59 Å². The summed E-state index contributed by atoms with van der Waals surface area (Å²) in [5.74, 6) is 0.333. The highest BCUT2D eigenvalue weighted by Gasteiger charge is 2.34. The predicted octanol–water partition coefficient (Wildman–Crippen LogP) is 2.33. The smallest absolute Gasteiger partial charge is 0.229 e. The fraction of sp³-hybridized carbons (Fsp3) is 0.286. The Balaban J connectivity index is 1.60. The van der Waals surface area contributed by atoms with Crippen LogP contribution in [0.2, 0.25) is 0 Å². The van der Waals surface area contributed by atoms with Crippen LogP contribution in [-0.2, 0) is 16.1 Å². The monoisotopic (exact) mass is 290 g/mol. The van der Waals surface area contributed by atoms with Crippen LogP contribution in [0.5, 0.6) is 0 Å². The summed E-state index contributed by atoms with van der Waals surface area (Å²) in [6.07, 6.45) is 1.84. The number of amides is 2. The van der Waals surface area contributed by atoms with Crippen LogP contribution in [0.1, 0.15) is 12.2 Å². The van der Waals surface area contributed by atoms with Gasteiger partial charge in [0.1, 0.15) is 5.76 Å². The highest BCUT2D eigenvalue weighted by atomic mass is 32.1. The SMILES string of the molecule is O=C(Nc1ccsc1)[C@H]1CC(=O)N(Cc2ccco2)C1. The molecule has 104 valence electrons. The van der Waals surface area contributed by atoms with Gasteiger partial charge in [-0.15, -0.1) is 0 Å². The third-order valence-corrected chi connectivity index (χ3v) is 3.98. The number of likely N-dealkylation sites (tertiary alicyclic amines) is 1. The third kappa shape index (κ3) is 2.75. The number of furan rings is 1. The number of rotatable bonds is 4. The Morgan fingerprint density at radius 1 is 1.50 bits per heavy atom. The molecule has 0 aliphatic carbocycles. The summed E-state index contributed by atoms with van der Waals surface area (Å²) in [6.45, 7) is 0.865. The molecule has 2 aromatic rings. The van der Waals surface area contributed by atoms with Crippen molar-refractivity contribution in [1.29, 1.82) is 0 Å². The van der Waals surface area contributed by atoms with E-state index in [2.05, 4.69) is 5.32 Å². The average Bonchev–Trinajstić information content (AvgIpc) is 3.13. The molecule has 0 saturated carbocycles. The van der Waals surface area contributed by atoms with E-state index in [1.807, 2.05) is 22.9 Å². The Bertz CT molecular complexity index is 592.